The summed E-state index contributed by atoms with van der Waals surface area (Å²) in [5.41, 5.74) is 1.50. The van der Waals surface area contributed by atoms with E-state index in [-0.39, 0.29) is 12.5 Å². The van der Waals surface area contributed by atoms with Gasteiger partial charge in [0.1, 0.15) is 24.6 Å². The van der Waals surface area contributed by atoms with Gasteiger partial charge in [-0.15, -0.1) is 0 Å². The first-order chi connectivity index (χ1) is 20.6. The van der Waals surface area contributed by atoms with Crippen LogP contribution in [0.2, 0.25) is 5.02 Å². The third-order valence-corrected chi connectivity index (χ3v) is 7.36. The Kier molecular flexibility index (Phi) is 9.85. The van der Waals surface area contributed by atoms with Gasteiger partial charge in [0.25, 0.3) is 5.91 Å². The van der Waals surface area contributed by atoms with Crippen molar-refractivity contribution in [3.63, 3.8) is 0 Å². The minimum absolute atomic E-state index is 0.272. The Morgan fingerprint density at radius 2 is 1.50 bits per heavy atom. The Morgan fingerprint density at radius 1 is 0.864 bits per heavy atom. The molecule has 2 aromatic carbocycles. The fourth-order valence-corrected chi connectivity index (χ4v) is 5.28. The largest absolute Gasteiger partial charge is 0.476 e. The summed E-state index contributed by atoms with van der Waals surface area (Å²) in [5, 5.41) is 3.29. The summed E-state index contributed by atoms with van der Waals surface area (Å²) in [4.78, 5) is 60.5. The van der Waals surface area contributed by atoms with Crippen LogP contribution in [0.1, 0.15) is 64.3 Å². The van der Waals surface area contributed by atoms with Crippen LogP contribution in [0.4, 0.5) is 5.69 Å². The maximum absolute atomic E-state index is 12.4. The smallest absolute Gasteiger partial charge is 0.303 e. The van der Waals surface area contributed by atoms with Crippen molar-refractivity contribution < 1.29 is 52.4 Å². The van der Waals surface area contributed by atoms with Crippen LogP contribution in [0.25, 0.3) is 0 Å². The molecule has 0 saturated carbocycles. The van der Waals surface area contributed by atoms with E-state index in [2.05, 4.69) is 5.32 Å². The van der Waals surface area contributed by atoms with Crippen LogP contribution in [0, 0.1) is 0 Å². The zero-order chi connectivity index (χ0) is 32.3. The number of ether oxygens (including phenoxy) is 6. The monoisotopic (exact) mass is 631 g/mol. The normalized spacial score (nSPS) is 23.7. The highest BCUT2D eigenvalue weighted by atomic mass is 35.5. The third-order valence-electron chi connectivity index (χ3n) is 6.99. The molecule has 5 atom stereocenters. The van der Waals surface area contributed by atoms with Crippen LogP contribution in [-0.4, -0.2) is 66.4 Å². The van der Waals surface area contributed by atoms with Gasteiger partial charge in [0, 0.05) is 32.7 Å². The second-order valence-corrected chi connectivity index (χ2v) is 11.5. The fraction of sp³-hybridized carbons (Fsp3) is 0.452. The number of hydrogen-bond acceptors (Lipinski definition) is 11. The third kappa shape index (κ3) is 7.67. The van der Waals surface area contributed by atoms with E-state index in [9.17, 15) is 24.0 Å². The van der Waals surface area contributed by atoms with E-state index in [1.165, 1.54) is 13.8 Å². The van der Waals surface area contributed by atoms with Crippen molar-refractivity contribution in [3.8, 4) is 5.75 Å². The second kappa shape index (κ2) is 13.2. The molecule has 2 unspecified atom stereocenters. The van der Waals surface area contributed by atoms with Gasteiger partial charge in [0.2, 0.25) is 0 Å². The summed E-state index contributed by atoms with van der Waals surface area (Å²) < 4.78 is 33.9. The molecule has 236 valence electrons. The molecule has 2 aliphatic rings. The highest BCUT2D eigenvalue weighted by Gasteiger charge is 2.52. The van der Waals surface area contributed by atoms with Gasteiger partial charge in [-0.2, -0.15) is 0 Å². The predicted octanol–water partition coefficient (Wildman–Crippen LogP) is 3.84. The number of amides is 1. The summed E-state index contributed by atoms with van der Waals surface area (Å²) in [6.07, 6.45) is -5.61. The lowest BCUT2D eigenvalue weighted by Gasteiger charge is -2.44. The number of carbonyl (C=O) groups excluding carboxylic acids is 5. The molecule has 12 nitrogen and oxygen atoms in total. The molecule has 1 saturated heterocycles. The van der Waals surface area contributed by atoms with Gasteiger partial charge >= 0.3 is 23.9 Å². The van der Waals surface area contributed by atoms with E-state index in [0.29, 0.717) is 34.0 Å². The van der Waals surface area contributed by atoms with Gasteiger partial charge in [-0.1, -0.05) is 29.8 Å². The van der Waals surface area contributed by atoms with E-state index in [1.54, 1.807) is 44.2 Å². The molecule has 1 N–H and O–H groups in total. The van der Waals surface area contributed by atoms with Gasteiger partial charge in [0.05, 0.1) is 5.69 Å². The SMILES string of the molecule is CC(=O)OC[C@H]1O[C@@H](c2ccc(Cl)c(Cc3ccc4c(c3)NC(=O)C(C)(C)O4)c2)C(OC(C)=O)[C@@H](OC(C)=O)C1OC(C)=O. The lowest BCUT2D eigenvalue weighted by atomic mass is 9.89. The van der Waals surface area contributed by atoms with Gasteiger partial charge in [-0.3, -0.25) is 24.0 Å². The number of halogens is 1. The van der Waals surface area contributed by atoms with E-state index in [1.807, 2.05) is 6.07 Å². The predicted molar refractivity (Wildman–Crippen MR) is 155 cm³/mol. The maximum Gasteiger partial charge on any atom is 0.303 e. The first-order valence-electron chi connectivity index (χ1n) is 13.9. The van der Waals surface area contributed by atoms with Crippen molar-refractivity contribution >= 4 is 47.1 Å². The van der Waals surface area contributed by atoms with Crippen LogP contribution in [-0.2, 0) is 54.1 Å². The molecule has 0 aliphatic carbocycles. The minimum atomic E-state index is -1.30. The molecule has 0 spiro atoms. The molecule has 2 aromatic rings. The second-order valence-electron chi connectivity index (χ2n) is 11.0. The molecule has 13 heteroatoms. The van der Waals surface area contributed by atoms with Crippen molar-refractivity contribution in [3.05, 3.63) is 58.1 Å². The van der Waals surface area contributed by atoms with Crippen LogP contribution >= 0.6 is 11.6 Å². The van der Waals surface area contributed by atoms with Crippen LogP contribution < -0.4 is 10.1 Å². The molecule has 0 radical (unpaired) electrons. The van der Waals surface area contributed by atoms with E-state index in [4.69, 9.17) is 40.0 Å². The topological polar surface area (TPSA) is 153 Å². The Labute approximate surface area is 259 Å². The van der Waals surface area contributed by atoms with E-state index >= 15 is 0 Å². The molecule has 0 aromatic heterocycles. The summed E-state index contributed by atoms with van der Waals surface area (Å²) in [7, 11) is 0. The quantitative estimate of drug-likeness (QED) is 0.334. The van der Waals surface area contributed by atoms with E-state index < -0.39 is 60.0 Å². The summed E-state index contributed by atoms with van der Waals surface area (Å²) in [5.74, 6) is -2.48. The van der Waals surface area contributed by atoms with Crippen LogP contribution in [0.3, 0.4) is 0 Å². The molecular weight excluding hydrogens is 598 g/mol. The average Bonchev–Trinajstić information content (AvgIpc) is 2.91. The van der Waals surface area contributed by atoms with Gasteiger partial charge in [-0.25, -0.2) is 0 Å². The van der Waals surface area contributed by atoms with Crippen molar-refractivity contribution in [1.29, 1.82) is 0 Å². The standard InChI is InChI=1S/C31H34ClNO11/c1-15(34)39-14-25-27(40-16(2)35)29(42-18(4)37)28(41-17(3)36)26(43-25)20-8-9-22(32)21(13-20)11-19-7-10-24-23(12-19)33-30(38)31(5,6)44-24/h7-10,12-13,25-29H,11,14H2,1-6H3,(H,33,38)/t25-,26+,27?,28?,29+/m1/s1. The van der Waals surface area contributed by atoms with Crippen LogP contribution in [0.5, 0.6) is 5.75 Å². The number of hydrogen-bond donors (Lipinski definition) is 1. The van der Waals surface area contributed by atoms with Crippen molar-refractivity contribution in [2.45, 2.75) is 84.1 Å². The number of rotatable bonds is 8. The molecular formula is C31H34ClNO11. The number of fused-ring (bicyclic) bond motifs is 1. The van der Waals surface area contributed by atoms with Crippen molar-refractivity contribution in [2.24, 2.45) is 0 Å². The highest BCUT2D eigenvalue weighted by Crippen LogP contribution is 2.40. The Morgan fingerprint density at radius 3 is 2.14 bits per heavy atom. The molecule has 1 amide bonds. The van der Waals surface area contributed by atoms with Gasteiger partial charge in [0.15, 0.2) is 23.9 Å². The lowest BCUT2D eigenvalue weighted by molar-refractivity contribution is -0.254. The maximum atomic E-state index is 12.4. The number of carbonyl (C=O) groups is 5. The molecule has 4 rings (SSSR count). The van der Waals surface area contributed by atoms with Crippen LogP contribution in [0.15, 0.2) is 36.4 Å². The van der Waals surface area contributed by atoms with Gasteiger partial charge < -0.3 is 33.7 Å². The van der Waals surface area contributed by atoms with Crippen molar-refractivity contribution in [1.82, 2.24) is 0 Å². The average molecular weight is 632 g/mol. The number of esters is 4. The highest BCUT2D eigenvalue weighted by molar-refractivity contribution is 6.31. The van der Waals surface area contributed by atoms with E-state index in [0.717, 1.165) is 19.4 Å². The molecule has 2 heterocycles. The lowest BCUT2D eigenvalue weighted by Crippen LogP contribution is -2.59. The minimum Gasteiger partial charge on any atom is -0.476 e. The summed E-state index contributed by atoms with van der Waals surface area (Å²) >= 11 is 6.60. The molecule has 2 aliphatic heterocycles. The zero-order valence-electron chi connectivity index (χ0n) is 25.1. The first-order valence-corrected chi connectivity index (χ1v) is 14.2. The first kappa shape index (κ1) is 32.7. The summed E-state index contributed by atoms with van der Waals surface area (Å²) in [6.45, 7) is 7.72. The number of anilines is 1. The Hall–Kier alpha value is -4.16. The van der Waals surface area contributed by atoms with Crippen molar-refractivity contribution in [2.75, 3.05) is 11.9 Å². The molecule has 44 heavy (non-hydrogen) atoms. The number of nitrogens with one attached hydrogen (secondary N) is 1. The zero-order valence-corrected chi connectivity index (χ0v) is 25.9. The molecule has 0 bridgehead atoms. The number of benzene rings is 2. The van der Waals surface area contributed by atoms with Gasteiger partial charge in [-0.05, 0) is 55.2 Å². The fourth-order valence-electron chi connectivity index (χ4n) is 5.09. The Bertz CT molecular complexity index is 1470. The Balaban J connectivity index is 1.72. The molecule has 1 fully saturated rings. The summed E-state index contributed by atoms with van der Waals surface area (Å²) in [6, 6.07) is 10.5.